The molecule has 0 saturated heterocycles. The van der Waals surface area contributed by atoms with Crippen LogP contribution in [0.1, 0.15) is 108 Å². The lowest BCUT2D eigenvalue weighted by atomic mass is 9.97. The van der Waals surface area contributed by atoms with Gasteiger partial charge < -0.3 is 9.47 Å². The summed E-state index contributed by atoms with van der Waals surface area (Å²) in [7, 11) is 0. The molecule has 0 aliphatic carbocycles. The average molecular weight is 756 g/mol. The van der Waals surface area contributed by atoms with Crippen LogP contribution in [0.25, 0.3) is 0 Å². The quantitative estimate of drug-likeness (QED) is 0.0728. The number of ketones is 2. The van der Waals surface area contributed by atoms with Crippen LogP contribution in [0.15, 0.2) is 140 Å². The first-order valence-corrected chi connectivity index (χ1v) is 18.3. The summed E-state index contributed by atoms with van der Waals surface area (Å²) in [4.78, 5) is 84.1. The Labute approximate surface area is 329 Å². The number of benzene rings is 6. The van der Waals surface area contributed by atoms with Gasteiger partial charge >= 0.3 is 11.9 Å². The van der Waals surface area contributed by atoms with Crippen LogP contribution in [0.3, 0.4) is 0 Å². The maximum absolute atomic E-state index is 14.0. The standard InChI is InChI=1S/C48H37NO8/c1-28-19-21-34(25-30(28)3)41(50)43(32-13-7-5-8-14-32)56-47(54)36-23-24-37-39(27-36)46(53)49(45(37)52)40-18-12-11-17-38(40)48(55)57-44(33-15-9-6-10-16-33)42(51)35-22-20-29(2)31(4)26-35/h5-27,43-44H,1-4H3/t43-,44+/m0/s1. The van der Waals surface area contributed by atoms with Crippen molar-refractivity contribution in [2.24, 2.45) is 0 Å². The molecule has 57 heavy (non-hydrogen) atoms. The molecule has 0 aromatic heterocycles. The van der Waals surface area contributed by atoms with Crippen molar-refractivity contribution in [3.63, 3.8) is 0 Å². The van der Waals surface area contributed by atoms with E-state index in [1.54, 1.807) is 97.1 Å². The van der Waals surface area contributed by atoms with E-state index in [0.29, 0.717) is 22.3 Å². The number of ether oxygens (including phenoxy) is 2. The van der Waals surface area contributed by atoms with Crippen molar-refractivity contribution in [1.29, 1.82) is 0 Å². The maximum Gasteiger partial charge on any atom is 0.341 e. The Balaban J connectivity index is 1.16. The largest absolute Gasteiger partial charge is 0.445 e. The van der Waals surface area contributed by atoms with Crippen LogP contribution >= 0.6 is 0 Å². The molecule has 6 aromatic carbocycles. The molecule has 0 bridgehead atoms. The molecule has 0 fully saturated rings. The van der Waals surface area contributed by atoms with Crippen LogP contribution in [0, 0.1) is 27.7 Å². The van der Waals surface area contributed by atoms with Crippen molar-refractivity contribution < 1.29 is 38.2 Å². The first kappa shape index (κ1) is 38.0. The van der Waals surface area contributed by atoms with Gasteiger partial charge in [0.15, 0.2) is 12.2 Å². The van der Waals surface area contributed by atoms with E-state index < -0.39 is 47.5 Å². The Bertz CT molecular complexity index is 2600. The lowest BCUT2D eigenvalue weighted by Gasteiger charge is -2.21. The highest BCUT2D eigenvalue weighted by Crippen LogP contribution is 2.34. The molecule has 1 aliphatic rings. The highest BCUT2D eigenvalue weighted by atomic mass is 16.6. The number of hydrogen-bond donors (Lipinski definition) is 0. The maximum atomic E-state index is 14.0. The third-order valence-corrected chi connectivity index (χ3v) is 10.2. The number of carbonyl (C=O) groups is 6. The van der Waals surface area contributed by atoms with Crippen LogP contribution in [0.5, 0.6) is 0 Å². The molecule has 0 unspecified atom stereocenters. The Morgan fingerprint density at radius 1 is 0.456 bits per heavy atom. The van der Waals surface area contributed by atoms with Crippen LogP contribution in [-0.4, -0.2) is 35.3 Å². The van der Waals surface area contributed by atoms with Crippen molar-refractivity contribution in [1.82, 2.24) is 0 Å². The van der Waals surface area contributed by atoms with Crippen LogP contribution in [0.4, 0.5) is 5.69 Å². The first-order chi connectivity index (χ1) is 27.4. The minimum Gasteiger partial charge on any atom is -0.445 e. The van der Waals surface area contributed by atoms with Gasteiger partial charge in [0.25, 0.3) is 11.8 Å². The van der Waals surface area contributed by atoms with E-state index in [2.05, 4.69) is 0 Å². The van der Waals surface area contributed by atoms with Gasteiger partial charge in [0.1, 0.15) is 0 Å². The predicted molar refractivity (Wildman–Crippen MR) is 214 cm³/mol. The monoisotopic (exact) mass is 755 g/mol. The van der Waals surface area contributed by atoms with Crippen molar-refractivity contribution in [2.75, 3.05) is 4.90 Å². The number of amides is 2. The smallest absolute Gasteiger partial charge is 0.341 e. The molecule has 1 heterocycles. The number of carbonyl (C=O) groups excluding carboxylic acids is 6. The van der Waals surface area contributed by atoms with Gasteiger partial charge in [-0.1, -0.05) is 97.1 Å². The second-order valence-electron chi connectivity index (χ2n) is 13.9. The molecule has 9 nitrogen and oxygen atoms in total. The lowest BCUT2D eigenvalue weighted by molar-refractivity contribution is 0.0278. The molecule has 2 atom stereocenters. The molecule has 0 N–H and O–H groups in total. The van der Waals surface area contributed by atoms with Crippen molar-refractivity contribution in [3.05, 3.63) is 206 Å². The van der Waals surface area contributed by atoms with Crippen molar-refractivity contribution in [3.8, 4) is 0 Å². The number of esters is 2. The fourth-order valence-electron chi connectivity index (χ4n) is 6.67. The summed E-state index contributed by atoms with van der Waals surface area (Å²) in [5.41, 5.74) is 5.08. The van der Waals surface area contributed by atoms with Crippen LogP contribution in [0.2, 0.25) is 0 Å². The number of rotatable bonds is 11. The number of nitrogens with zero attached hydrogens (tertiary/aromatic N) is 1. The molecule has 0 saturated carbocycles. The van der Waals surface area contributed by atoms with Crippen molar-refractivity contribution >= 4 is 41.0 Å². The van der Waals surface area contributed by atoms with Gasteiger partial charge in [0.2, 0.25) is 11.6 Å². The summed E-state index contributed by atoms with van der Waals surface area (Å²) in [5.74, 6) is -4.20. The second-order valence-corrected chi connectivity index (χ2v) is 13.9. The lowest BCUT2D eigenvalue weighted by Crippen LogP contribution is -2.31. The Morgan fingerprint density at radius 3 is 1.44 bits per heavy atom. The molecule has 1 aliphatic heterocycles. The van der Waals surface area contributed by atoms with Gasteiger partial charge in [-0.2, -0.15) is 0 Å². The van der Waals surface area contributed by atoms with Gasteiger partial charge in [-0.25, -0.2) is 14.5 Å². The second kappa shape index (κ2) is 15.8. The number of imide groups is 1. The number of Topliss-reactive ketones (excluding diaryl/α,β-unsaturated/α-hetero) is 2. The summed E-state index contributed by atoms with van der Waals surface area (Å²) >= 11 is 0. The topological polar surface area (TPSA) is 124 Å². The summed E-state index contributed by atoms with van der Waals surface area (Å²) in [6, 6.07) is 37.6. The summed E-state index contributed by atoms with van der Waals surface area (Å²) in [5, 5.41) is 0. The molecule has 9 heteroatoms. The van der Waals surface area contributed by atoms with E-state index in [1.807, 2.05) is 39.8 Å². The SMILES string of the molecule is Cc1ccc(C(=O)[C@@H](OC(=O)c2ccc3c(c2)C(=O)N(c2ccccc2C(=O)O[C@@H](C(=O)c2ccc(C)c(C)c2)c2ccccc2)C3=O)c2ccccc2)cc1C. The highest BCUT2D eigenvalue weighted by Gasteiger charge is 2.40. The summed E-state index contributed by atoms with van der Waals surface area (Å²) in [6.07, 6.45) is -2.62. The first-order valence-electron chi connectivity index (χ1n) is 18.3. The fraction of sp³-hybridized carbons (Fsp3) is 0.125. The zero-order valence-electron chi connectivity index (χ0n) is 31.6. The number of hydrogen-bond acceptors (Lipinski definition) is 8. The Morgan fingerprint density at radius 2 is 0.912 bits per heavy atom. The minimum atomic E-state index is -1.33. The summed E-state index contributed by atoms with van der Waals surface area (Å²) in [6.45, 7) is 7.63. The number of para-hydroxylation sites is 1. The Kier molecular flexibility index (Phi) is 10.6. The van der Waals surface area contributed by atoms with Gasteiger partial charge in [-0.15, -0.1) is 0 Å². The molecule has 2 amide bonds. The van der Waals surface area contributed by atoms with Gasteiger partial charge in [0.05, 0.1) is 27.9 Å². The number of aryl methyl sites for hydroxylation is 4. The van der Waals surface area contributed by atoms with Crippen molar-refractivity contribution in [2.45, 2.75) is 39.9 Å². The molecular formula is C48H37NO8. The fourth-order valence-corrected chi connectivity index (χ4v) is 6.67. The summed E-state index contributed by atoms with van der Waals surface area (Å²) < 4.78 is 11.8. The molecule has 6 aromatic rings. The van der Waals surface area contributed by atoms with E-state index in [-0.39, 0.29) is 27.9 Å². The number of fused-ring (bicyclic) bond motifs is 1. The van der Waals surface area contributed by atoms with E-state index >= 15 is 0 Å². The van der Waals surface area contributed by atoms with Crippen LogP contribution in [-0.2, 0) is 9.47 Å². The molecule has 0 spiro atoms. The van der Waals surface area contributed by atoms with Gasteiger partial charge in [-0.05, 0) is 92.4 Å². The Hall–Kier alpha value is -7.26. The third-order valence-electron chi connectivity index (χ3n) is 10.2. The number of anilines is 1. The zero-order chi connectivity index (χ0) is 40.4. The highest BCUT2D eigenvalue weighted by molar-refractivity contribution is 6.35. The molecular weight excluding hydrogens is 719 g/mol. The van der Waals surface area contributed by atoms with E-state index in [9.17, 15) is 28.8 Å². The van der Waals surface area contributed by atoms with Crippen LogP contribution < -0.4 is 4.90 Å². The van der Waals surface area contributed by atoms with E-state index in [1.165, 1.54) is 30.3 Å². The minimum absolute atomic E-state index is 0.00221. The van der Waals surface area contributed by atoms with E-state index in [0.717, 1.165) is 27.2 Å². The molecule has 7 rings (SSSR count). The normalized spacial score (nSPS) is 13.1. The predicted octanol–water partition coefficient (Wildman–Crippen LogP) is 9.28. The third kappa shape index (κ3) is 7.55. The molecule has 282 valence electrons. The van der Waals surface area contributed by atoms with Gasteiger partial charge in [0, 0.05) is 22.3 Å². The average Bonchev–Trinajstić information content (AvgIpc) is 3.48. The van der Waals surface area contributed by atoms with E-state index in [4.69, 9.17) is 9.47 Å². The zero-order valence-corrected chi connectivity index (χ0v) is 31.6. The van der Waals surface area contributed by atoms with Gasteiger partial charge in [-0.3, -0.25) is 19.2 Å². The molecule has 0 radical (unpaired) electrons.